The fourth-order valence-electron chi connectivity index (χ4n) is 3.38. The number of fused-ring (bicyclic) bond motifs is 1. The SMILES string of the molecule is NCC1(C(=O)Cc2ccc3ccccc3n2)CCCCC1. The van der Waals surface area contributed by atoms with Gasteiger partial charge in [-0.2, -0.15) is 0 Å². The Morgan fingerprint density at radius 2 is 1.86 bits per heavy atom. The van der Waals surface area contributed by atoms with Gasteiger partial charge in [0.25, 0.3) is 0 Å². The zero-order valence-electron chi connectivity index (χ0n) is 12.3. The van der Waals surface area contributed by atoms with E-state index >= 15 is 0 Å². The molecule has 2 aromatic rings. The number of hydrogen-bond donors (Lipinski definition) is 1. The molecule has 1 aromatic carbocycles. The molecule has 1 aliphatic rings. The highest BCUT2D eigenvalue weighted by atomic mass is 16.1. The number of carbonyl (C=O) groups is 1. The number of aromatic nitrogens is 1. The lowest BCUT2D eigenvalue weighted by Gasteiger charge is -2.34. The molecule has 0 spiro atoms. The second-order valence-corrected chi connectivity index (χ2v) is 6.14. The lowest BCUT2D eigenvalue weighted by atomic mass is 9.70. The van der Waals surface area contributed by atoms with Gasteiger partial charge in [0, 0.05) is 29.5 Å². The molecule has 1 aliphatic carbocycles. The van der Waals surface area contributed by atoms with E-state index in [2.05, 4.69) is 4.98 Å². The van der Waals surface area contributed by atoms with E-state index in [0.717, 1.165) is 42.3 Å². The largest absolute Gasteiger partial charge is 0.329 e. The maximum atomic E-state index is 12.7. The van der Waals surface area contributed by atoms with Crippen molar-refractivity contribution >= 4 is 16.7 Å². The third-order valence-corrected chi connectivity index (χ3v) is 4.79. The number of carbonyl (C=O) groups excluding carboxylic acids is 1. The van der Waals surface area contributed by atoms with Crippen LogP contribution in [0.2, 0.25) is 0 Å². The first-order valence-electron chi connectivity index (χ1n) is 7.82. The van der Waals surface area contributed by atoms with Crippen LogP contribution in [-0.4, -0.2) is 17.3 Å². The molecule has 0 atom stereocenters. The highest BCUT2D eigenvalue weighted by Gasteiger charge is 2.37. The van der Waals surface area contributed by atoms with Crippen LogP contribution < -0.4 is 5.73 Å². The Hall–Kier alpha value is -1.74. The van der Waals surface area contributed by atoms with Crippen molar-refractivity contribution in [1.29, 1.82) is 0 Å². The molecule has 3 nitrogen and oxygen atoms in total. The van der Waals surface area contributed by atoms with E-state index in [4.69, 9.17) is 5.73 Å². The van der Waals surface area contributed by atoms with Crippen molar-refractivity contribution in [1.82, 2.24) is 4.98 Å². The number of pyridine rings is 1. The summed E-state index contributed by atoms with van der Waals surface area (Å²) in [5.74, 6) is 0.271. The number of Topliss-reactive ketones (excluding diaryl/α,β-unsaturated/α-hetero) is 1. The van der Waals surface area contributed by atoms with E-state index in [-0.39, 0.29) is 11.2 Å². The molecule has 3 heteroatoms. The van der Waals surface area contributed by atoms with Crippen molar-refractivity contribution in [2.45, 2.75) is 38.5 Å². The lowest BCUT2D eigenvalue weighted by Crippen LogP contribution is -2.41. The monoisotopic (exact) mass is 282 g/mol. The van der Waals surface area contributed by atoms with E-state index in [1.165, 1.54) is 6.42 Å². The summed E-state index contributed by atoms with van der Waals surface area (Å²) in [5, 5.41) is 1.11. The van der Waals surface area contributed by atoms with Gasteiger partial charge in [-0.05, 0) is 25.0 Å². The van der Waals surface area contributed by atoms with Crippen LogP contribution in [0.3, 0.4) is 0 Å². The molecular weight excluding hydrogens is 260 g/mol. The number of rotatable bonds is 4. The molecule has 0 aliphatic heterocycles. The molecule has 1 aromatic heterocycles. The van der Waals surface area contributed by atoms with Crippen molar-refractivity contribution in [3.05, 3.63) is 42.1 Å². The molecule has 1 saturated carbocycles. The summed E-state index contributed by atoms with van der Waals surface area (Å²) < 4.78 is 0. The topological polar surface area (TPSA) is 56.0 Å². The van der Waals surface area contributed by atoms with Crippen LogP contribution in [0.15, 0.2) is 36.4 Å². The van der Waals surface area contributed by atoms with Gasteiger partial charge in [-0.3, -0.25) is 9.78 Å². The van der Waals surface area contributed by atoms with Gasteiger partial charge >= 0.3 is 0 Å². The number of hydrogen-bond acceptors (Lipinski definition) is 3. The average molecular weight is 282 g/mol. The standard InChI is InChI=1S/C18H22N2O/c19-13-18(10-4-1-5-11-18)17(21)12-15-9-8-14-6-2-3-7-16(14)20-15/h2-3,6-9H,1,4-5,10-13,19H2. The van der Waals surface area contributed by atoms with Crippen LogP contribution in [-0.2, 0) is 11.2 Å². The molecule has 110 valence electrons. The van der Waals surface area contributed by atoms with E-state index in [1.54, 1.807) is 0 Å². The highest BCUT2D eigenvalue weighted by molar-refractivity contribution is 5.87. The Morgan fingerprint density at radius 3 is 2.62 bits per heavy atom. The normalized spacial score (nSPS) is 17.8. The summed E-state index contributed by atoms with van der Waals surface area (Å²) in [4.78, 5) is 17.4. The summed E-state index contributed by atoms with van der Waals surface area (Å²) >= 11 is 0. The van der Waals surface area contributed by atoms with E-state index in [0.29, 0.717) is 13.0 Å². The smallest absolute Gasteiger partial charge is 0.146 e. The number of para-hydroxylation sites is 1. The number of nitrogens with zero attached hydrogens (tertiary/aromatic N) is 1. The fraction of sp³-hybridized carbons (Fsp3) is 0.444. The van der Waals surface area contributed by atoms with E-state index < -0.39 is 0 Å². The zero-order chi connectivity index (χ0) is 14.7. The summed E-state index contributed by atoms with van der Waals surface area (Å²) in [6.07, 6.45) is 5.75. The quantitative estimate of drug-likeness (QED) is 0.936. The van der Waals surface area contributed by atoms with Gasteiger partial charge in [0.1, 0.15) is 5.78 Å². The van der Waals surface area contributed by atoms with E-state index in [1.807, 2.05) is 36.4 Å². The Labute approximate surface area is 125 Å². The van der Waals surface area contributed by atoms with E-state index in [9.17, 15) is 4.79 Å². The Bertz CT molecular complexity index is 644. The molecule has 1 fully saturated rings. The van der Waals surface area contributed by atoms with Gasteiger partial charge < -0.3 is 5.73 Å². The van der Waals surface area contributed by atoms with Gasteiger partial charge in [-0.15, -0.1) is 0 Å². The van der Waals surface area contributed by atoms with Crippen molar-refractivity contribution in [3.63, 3.8) is 0 Å². The van der Waals surface area contributed by atoms with Crippen LogP contribution >= 0.6 is 0 Å². The number of ketones is 1. The predicted octanol–water partition coefficient (Wildman–Crippen LogP) is 3.26. The van der Waals surface area contributed by atoms with Gasteiger partial charge in [-0.25, -0.2) is 0 Å². The molecular formula is C18H22N2O. The van der Waals surface area contributed by atoms with Gasteiger partial charge in [0.15, 0.2) is 0 Å². The second-order valence-electron chi connectivity index (χ2n) is 6.14. The van der Waals surface area contributed by atoms with Gasteiger partial charge in [-0.1, -0.05) is 43.5 Å². The number of nitrogens with two attached hydrogens (primary N) is 1. The maximum Gasteiger partial charge on any atom is 0.146 e. The third-order valence-electron chi connectivity index (χ3n) is 4.79. The molecule has 3 rings (SSSR count). The first-order chi connectivity index (χ1) is 10.2. The Morgan fingerprint density at radius 1 is 1.10 bits per heavy atom. The summed E-state index contributed by atoms with van der Waals surface area (Å²) in [5.41, 5.74) is 7.45. The van der Waals surface area contributed by atoms with Crippen LogP contribution in [0.1, 0.15) is 37.8 Å². The Kier molecular flexibility index (Phi) is 4.02. The molecule has 1 heterocycles. The van der Waals surface area contributed by atoms with Crippen LogP contribution in [0.4, 0.5) is 0 Å². The molecule has 0 amide bonds. The van der Waals surface area contributed by atoms with Crippen LogP contribution in [0, 0.1) is 5.41 Å². The second kappa shape index (κ2) is 5.94. The van der Waals surface area contributed by atoms with Gasteiger partial charge in [0.05, 0.1) is 5.52 Å². The first kappa shape index (κ1) is 14.2. The Balaban J connectivity index is 1.81. The summed E-state index contributed by atoms with van der Waals surface area (Å²) in [6.45, 7) is 0.472. The van der Waals surface area contributed by atoms with Crippen molar-refractivity contribution in [2.24, 2.45) is 11.1 Å². The third kappa shape index (κ3) is 2.84. The average Bonchev–Trinajstić information content (AvgIpc) is 2.55. The summed E-state index contributed by atoms with van der Waals surface area (Å²) in [7, 11) is 0. The molecule has 0 unspecified atom stereocenters. The highest BCUT2D eigenvalue weighted by Crippen LogP contribution is 2.37. The molecule has 21 heavy (non-hydrogen) atoms. The van der Waals surface area contributed by atoms with Gasteiger partial charge in [0.2, 0.25) is 0 Å². The van der Waals surface area contributed by atoms with Crippen molar-refractivity contribution in [2.75, 3.05) is 6.54 Å². The van der Waals surface area contributed by atoms with Crippen LogP contribution in [0.5, 0.6) is 0 Å². The molecule has 0 saturated heterocycles. The first-order valence-corrected chi connectivity index (χ1v) is 7.82. The summed E-state index contributed by atoms with van der Waals surface area (Å²) in [6, 6.07) is 12.0. The molecule has 0 bridgehead atoms. The van der Waals surface area contributed by atoms with Crippen molar-refractivity contribution < 1.29 is 4.79 Å². The van der Waals surface area contributed by atoms with Crippen LogP contribution in [0.25, 0.3) is 10.9 Å². The minimum absolute atomic E-state index is 0.271. The molecule has 0 radical (unpaired) electrons. The minimum Gasteiger partial charge on any atom is -0.329 e. The zero-order valence-corrected chi connectivity index (χ0v) is 12.3. The fourth-order valence-corrected chi connectivity index (χ4v) is 3.38. The van der Waals surface area contributed by atoms with Crippen molar-refractivity contribution in [3.8, 4) is 0 Å². The molecule has 2 N–H and O–H groups in total. The maximum absolute atomic E-state index is 12.7. The minimum atomic E-state index is -0.300. The lowest BCUT2D eigenvalue weighted by molar-refractivity contribution is -0.129. The number of benzene rings is 1. The predicted molar refractivity (Wildman–Crippen MR) is 85.0 cm³/mol.